The van der Waals surface area contributed by atoms with Crippen molar-refractivity contribution in [1.82, 2.24) is 10.3 Å². The quantitative estimate of drug-likeness (QED) is 0.742. The molecule has 2 heterocycles. The van der Waals surface area contributed by atoms with E-state index in [0.29, 0.717) is 12.1 Å². The molecule has 0 aliphatic heterocycles. The Morgan fingerprint density at radius 1 is 1.21 bits per heavy atom. The smallest absolute Gasteiger partial charge is 0.255 e. The average Bonchev–Trinajstić information content (AvgIpc) is 3.03. The molecule has 122 valence electrons. The number of nitrogens with zero attached hydrogens (tertiary/aromatic N) is 1. The number of hydrogen-bond acceptors (Lipinski definition) is 5. The van der Waals surface area contributed by atoms with Crippen molar-refractivity contribution >= 4 is 23.1 Å². The molecule has 0 unspecified atom stereocenters. The Labute approximate surface area is 144 Å². The molecule has 3 N–H and O–H groups in total. The summed E-state index contributed by atoms with van der Waals surface area (Å²) in [6.45, 7) is 2.44. The van der Waals surface area contributed by atoms with Crippen molar-refractivity contribution in [2.45, 2.75) is 13.5 Å². The maximum absolute atomic E-state index is 12.1. The minimum absolute atomic E-state index is 0.226. The second-order valence-corrected chi connectivity index (χ2v) is 6.39. The maximum atomic E-state index is 12.1. The van der Waals surface area contributed by atoms with Gasteiger partial charge in [-0.3, -0.25) is 4.79 Å². The fraction of sp³-hybridized carbons (Fsp3) is 0.111. The van der Waals surface area contributed by atoms with Crippen LogP contribution in [-0.2, 0) is 6.54 Å². The molecule has 2 aromatic heterocycles. The molecule has 0 atom stereocenters. The monoisotopic (exact) mass is 339 g/mol. The molecule has 0 fully saturated rings. The zero-order valence-corrected chi connectivity index (χ0v) is 14.0. The van der Waals surface area contributed by atoms with Crippen LogP contribution in [0, 0.1) is 6.92 Å². The highest BCUT2D eigenvalue weighted by Gasteiger charge is 2.10. The van der Waals surface area contributed by atoms with Crippen molar-refractivity contribution in [1.29, 1.82) is 0 Å². The van der Waals surface area contributed by atoms with E-state index >= 15 is 0 Å². The summed E-state index contributed by atoms with van der Waals surface area (Å²) in [5.41, 5.74) is 7.27. The average molecular weight is 339 g/mol. The molecule has 3 rings (SSSR count). The number of anilines is 1. The Balaban J connectivity index is 1.59. The van der Waals surface area contributed by atoms with Gasteiger partial charge in [0.05, 0.1) is 12.1 Å². The fourth-order valence-electron chi connectivity index (χ4n) is 2.10. The van der Waals surface area contributed by atoms with Gasteiger partial charge in [0.25, 0.3) is 5.91 Å². The highest BCUT2D eigenvalue weighted by atomic mass is 32.1. The number of thiophene rings is 1. The van der Waals surface area contributed by atoms with E-state index < -0.39 is 0 Å². The number of carbonyl (C=O) groups is 1. The topological polar surface area (TPSA) is 77.2 Å². The number of benzene rings is 1. The predicted octanol–water partition coefficient (Wildman–Crippen LogP) is 3.76. The van der Waals surface area contributed by atoms with E-state index in [2.05, 4.69) is 10.3 Å². The number of amides is 1. The molecule has 1 aromatic carbocycles. The first-order chi connectivity index (χ1) is 11.6. The number of aromatic nitrogens is 1. The van der Waals surface area contributed by atoms with Crippen molar-refractivity contribution in [3.05, 3.63) is 70.7 Å². The molecule has 1 amide bonds. The lowest BCUT2D eigenvalue weighted by atomic mass is 10.2. The molecule has 0 saturated carbocycles. The van der Waals surface area contributed by atoms with E-state index in [1.807, 2.05) is 43.3 Å². The third kappa shape index (κ3) is 3.91. The van der Waals surface area contributed by atoms with Crippen molar-refractivity contribution < 1.29 is 9.53 Å². The first kappa shape index (κ1) is 16.0. The minimum Gasteiger partial charge on any atom is -0.447 e. The molecule has 6 heteroatoms. The van der Waals surface area contributed by atoms with Crippen LogP contribution in [0.15, 0.2) is 54.7 Å². The van der Waals surface area contributed by atoms with Gasteiger partial charge in [-0.2, -0.15) is 0 Å². The molecular formula is C18H17N3O2S. The van der Waals surface area contributed by atoms with Gasteiger partial charge in [-0.1, -0.05) is 17.7 Å². The lowest BCUT2D eigenvalue weighted by molar-refractivity contribution is 0.0952. The van der Waals surface area contributed by atoms with Crippen LogP contribution in [-0.4, -0.2) is 10.9 Å². The fourth-order valence-corrected chi connectivity index (χ4v) is 2.92. The summed E-state index contributed by atoms with van der Waals surface area (Å²) in [6, 6.07) is 15.0. The van der Waals surface area contributed by atoms with Gasteiger partial charge in [-0.15, -0.1) is 11.3 Å². The number of nitrogens with one attached hydrogen (secondary N) is 1. The Hall–Kier alpha value is -2.86. The first-order valence-corrected chi connectivity index (χ1v) is 8.25. The molecule has 24 heavy (non-hydrogen) atoms. The van der Waals surface area contributed by atoms with Crippen LogP contribution in [0.2, 0.25) is 0 Å². The van der Waals surface area contributed by atoms with Crippen molar-refractivity contribution in [2.24, 2.45) is 0 Å². The summed E-state index contributed by atoms with van der Waals surface area (Å²) in [7, 11) is 0. The van der Waals surface area contributed by atoms with Gasteiger partial charge in [-0.05, 0) is 43.3 Å². The summed E-state index contributed by atoms with van der Waals surface area (Å²) >= 11 is 1.49. The largest absolute Gasteiger partial charge is 0.447 e. The van der Waals surface area contributed by atoms with E-state index in [0.717, 1.165) is 15.7 Å². The van der Waals surface area contributed by atoms with Crippen LogP contribution >= 0.6 is 11.3 Å². The van der Waals surface area contributed by atoms with E-state index in [1.54, 1.807) is 18.3 Å². The van der Waals surface area contributed by atoms with Crippen LogP contribution < -0.4 is 15.8 Å². The van der Waals surface area contributed by atoms with Gasteiger partial charge in [0, 0.05) is 11.1 Å². The number of nitrogen functional groups attached to an aromatic ring is 1. The Kier molecular flexibility index (Phi) is 4.77. The summed E-state index contributed by atoms with van der Waals surface area (Å²) in [5.74, 6) is 0.778. The zero-order valence-electron chi connectivity index (χ0n) is 13.2. The normalized spacial score (nSPS) is 10.4. The van der Waals surface area contributed by atoms with Crippen LogP contribution in [0.5, 0.6) is 10.8 Å². The van der Waals surface area contributed by atoms with Crippen LogP contribution in [0.1, 0.15) is 20.8 Å². The maximum Gasteiger partial charge on any atom is 0.255 e. The van der Waals surface area contributed by atoms with Crippen molar-refractivity contribution in [3.63, 3.8) is 0 Å². The van der Waals surface area contributed by atoms with Gasteiger partial charge in [0.2, 0.25) is 0 Å². The van der Waals surface area contributed by atoms with Gasteiger partial charge in [0.15, 0.2) is 5.06 Å². The molecule has 0 spiro atoms. The highest BCUT2D eigenvalue weighted by molar-refractivity contribution is 7.13. The standard InChI is InChI=1S/C18H17N3O2S/c1-12-4-6-13(7-5-12)23-16-9-8-14(24-16)11-21-18(22)15-3-2-10-20-17(15)19/h2-10H,11H2,1H3,(H2,19,20)(H,21,22). The van der Waals surface area contributed by atoms with Gasteiger partial charge >= 0.3 is 0 Å². The summed E-state index contributed by atoms with van der Waals surface area (Å²) in [5, 5.41) is 3.62. The highest BCUT2D eigenvalue weighted by Crippen LogP contribution is 2.29. The molecule has 0 radical (unpaired) electrons. The van der Waals surface area contributed by atoms with Crippen LogP contribution in [0.4, 0.5) is 5.82 Å². The molecule has 5 nitrogen and oxygen atoms in total. The van der Waals surface area contributed by atoms with E-state index in [9.17, 15) is 4.79 Å². The molecule has 3 aromatic rings. The number of nitrogens with two attached hydrogens (primary N) is 1. The predicted molar refractivity (Wildman–Crippen MR) is 95.4 cm³/mol. The number of aryl methyl sites for hydroxylation is 1. The van der Waals surface area contributed by atoms with E-state index in [1.165, 1.54) is 16.9 Å². The lowest BCUT2D eigenvalue weighted by Gasteiger charge is -2.05. The van der Waals surface area contributed by atoms with Gasteiger partial charge in [-0.25, -0.2) is 4.98 Å². The van der Waals surface area contributed by atoms with Gasteiger partial charge in [0.1, 0.15) is 11.6 Å². The lowest BCUT2D eigenvalue weighted by Crippen LogP contribution is -2.23. The molecule has 0 aliphatic carbocycles. The van der Waals surface area contributed by atoms with E-state index in [4.69, 9.17) is 10.5 Å². The molecular weight excluding hydrogens is 322 g/mol. The number of hydrogen-bond donors (Lipinski definition) is 2. The van der Waals surface area contributed by atoms with Crippen molar-refractivity contribution in [2.75, 3.05) is 5.73 Å². The SMILES string of the molecule is Cc1ccc(Oc2ccc(CNC(=O)c3cccnc3N)s2)cc1. The summed E-state index contributed by atoms with van der Waals surface area (Å²) in [4.78, 5) is 17.0. The third-order valence-corrected chi connectivity index (χ3v) is 4.35. The summed E-state index contributed by atoms with van der Waals surface area (Å²) in [6.07, 6.45) is 1.56. The van der Waals surface area contributed by atoms with Gasteiger partial charge < -0.3 is 15.8 Å². The van der Waals surface area contributed by atoms with E-state index in [-0.39, 0.29) is 11.7 Å². The Morgan fingerprint density at radius 2 is 2.00 bits per heavy atom. The van der Waals surface area contributed by atoms with Crippen LogP contribution in [0.25, 0.3) is 0 Å². The second kappa shape index (κ2) is 7.14. The summed E-state index contributed by atoms with van der Waals surface area (Å²) < 4.78 is 5.80. The minimum atomic E-state index is -0.241. The first-order valence-electron chi connectivity index (χ1n) is 7.44. The molecule has 0 saturated heterocycles. The third-order valence-electron chi connectivity index (χ3n) is 3.38. The number of pyridine rings is 1. The zero-order chi connectivity index (χ0) is 16.9. The number of ether oxygens (including phenoxy) is 1. The molecule has 0 bridgehead atoms. The number of carbonyl (C=O) groups excluding carboxylic acids is 1. The van der Waals surface area contributed by atoms with Crippen LogP contribution in [0.3, 0.4) is 0 Å². The van der Waals surface area contributed by atoms with Crippen molar-refractivity contribution in [3.8, 4) is 10.8 Å². The molecule has 0 aliphatic rings. The second-order valence-electron chi connectivity index (χ2n) is 5.25. The Bertz CT molecular complexity index is 843. The number of rotatable bonds is 5. The Morgan fingerprint density at radius 3 is 2.75 bits per heavy atom.